The van der Waals surface area contributed by atoms with Crippen molar-refractivity contribution in [2.45, 2.75) is 19.1 Å². The summed E-state index contributed by atoms with van der Waals surface area (Å²) in [5, 5.41) is 1.20. The Hall–Kier alpha value is -5.29. The second-order valence-electron chi connectivity index (χ2n) is 12.3. The fourth-order valence-electron chi connectivity index (χ4n) is 6.73. The minimum atomic E-state index is -1.39. The summed E-state index contributed by atoms with van der Waals surface area (Å²) >= 11 is 14.4. The first kappa shape index (κ1) is 31.0. The molecule has 6 aromatic rings. The summed E-state index contributed by atoms with van der Waals surface area (Å²) in [7, 11) is 0. The fourth-order valence-corrected chi connectivity index (χ4v) is 7.23. The van der Waals surface area contributed by atoms with Gasteiger partial charge in [0.15, 0.2) is 0 Å². The van der Waals surface area contributed by atoms with Gasteiger partial charge in [-0.15, -0.1) is 0 Å². The van der Waals surface area contributed by atoms with Crippen LogP contribution >= 0.6 is 23.2 Å². The van der Waals surface area contributed by atoms with Gasteiger partial charge < -0.3 is 0 Å². The highest BCUT2D eigenvalue weighted by atomic mass is 35.5. The summed E-state index contributed by atoms with van der Waals surface area (Å²) in [4.78, 5) is 16.9. The van der Waals surface area contributed by atoms with Crippen LogP contribution in [-0.2, 0) is 5.79 Å². The van der Waals surface area contributed by atoms with Crippen molar-refractivity contribution in [1.29, 1.82) is 0 Å². The van der Waals surface area contributed by atoms with Crippen molar-refractivity contribution in [1.82, 2.24) is 9.55 Å². The molecule has 2 heterocycles. The van der Waals surface area contributed by atoms with Gasteiger partial charge in [-0.2, -0.15) is 0 Å². The highest BCUT2D eigenvalue weighted by Gasteiger charge is 2.46. The molecule has 238 valence electrons. The van der Waals surface area contributed by atoms with E-state index in [1.165, 1.54) is 0 Å². The van der Waals surface area contributed by atoms with Gasteiger partial charge in [0.1, 0.15) is 5.82 Å². The largest absolute Gasteiger partial charge is 0.275 e. The number of aromatic nitrogens is 2. The molecule has 0 fully saturated rings. The second kappa shape index (κ2) is 13.0. The topological polar surface area (TPSA) is 42.5 Å². The van der Waals surface area contributed by atoms with Crippen LogP contribution in [0.2, 0.25) is 5.02 Å². The Balaban J connectivity index is 1.58. The molecule has 1 aliphatic heterocycles. The molecule has 5 aromatic carbocycles. The molecule has 0 N–H and O–H groups in total. The van der Waals surface area contributed by atoms with Crippen molar-refractivity contribution in [3.8, 4) is 22.5 Å². The van der Waals surface area contributed by atoms with Crippen LogP contribution in [0.15, 0.2) is 173 Å². The number of benzene rings is 5. The predicted molar refractivity (Wildman–Crippen MR) is 203 cm³/mol. The molecule has 1 atom stereocenters. The Morgan fingerprint density at radius 1 is 0.612 bits per heavy atom. The normalized spacial score (nSPS) is 16.8. The Labute approximate surface area is 296 Å². The maximum Gasteiger partial charge on any atom is 0.263 e. The maximum absolute atomic E-state index is 7.22. The van der Waals surface area contributed by atoms with Crippen LogP contribution in [0.5, 0.6) is 0 Å². The summed E-state index contributed by atoms with van der Waals surface area (Å²) < 4.78 is 2.19. The lowest BCUT2D eigenvalue weighted by Crippen LogP contribution is -2.33. The third-order valence-corrected chi connectivity index (χ3v) is 9.71. The van der Waals surface area contributed by atoms with Gasteiger partial charge in [0.25, 0.3) is 5.79 Å². The first-order chi connectivity index (χ1) is 24.0. The summed E-state index contributed by atoms with van der Waals surface area (Å²) in [6.45, 7) is 2.19. The zero-order valence-electron chi connectivity index (χ0n) is 26.8. The van der Waals surface area contributed by atoms with E-state index in [0.29, 0.717) is 22.3 Å². The van der Waals surface area contributed by atoms with Crippen LogP contribution in [0, 0.1) is 5.92 Å². The average molecular weight is 676 g/mol. The Kier molecular flexibility index (Phi) is 8.20. The van der Waals surface area contributed by atoms with E-state index in [1.807, 2.05) is 103 Å². The monoisotopic (exact) mass is 674 g/mol. The quantitative estimate of drug-likeness (QED) is 0.166. The van der Waals surface area contributed by atoms with Crippen LogP contribution in [0.1, 0.15) is 35.9 Å². The Morgan fingerprint density at radius 2 is 1.10 bits per heavy atom. The standard InChI is InChI=1S/C43H32Cl2N4/c1-29-26-27-36(44)34(28-29)42-46-40(32-20-10-4-11-21-32)41(33-22-12-5-13-23-33)49(42)43(35-24-14-15-25-37(35)45)47-38(30-16-6-2-7-17-30)39(48-43)31-18-8-3-9-19-31/h2-27,29H,28H2,1H3. The highest BCUT2D eigenvalue weighted by Crippen LogP contribution is 2.48. The van der Waals surface area contributed by atoms with Gasteiger partial charge in [0.05, 0.1) is 27.8 Å². The van der Waals surface area contributed by atoms with Gasteiger partial charge in [-0.05, 0) is 24.5 Å². The van der Waals surface area contributed by atoms with Gasteiger partial charge in [-0.3, -0.25) is 4.57 Å². The van der Waals surface area contributed by atoms with Crippen molar-refractivity contribution < 1.29 is 0 Å². The van der Waals surface area contributed by atoms with Crippen LogP contribution in [0.25, 0.3) is 28.1 Å². The SMILES string of the molecule is CC1C=CC(Cl)=C(c2nc(-c3ccccc3)c(-c3ccccc3)n2C2(c3ccccc3Cl)N=C(c3ccccc3)C(c3ccccc3)=N2)C1. The van der Waals surface area contributed by atoms with Crippen LogP contribution in [-0.4, -0.2) is 21.0 Å². The number of rotatable bonds is 7. The summed E-state index contributed by atoms with van der Waals surface area (Å²) in [5.74, 6) is -0.424. The first-order valence-corrected chi connectivity index (χ1v) is 17.2. The molecule has 2 aliphatic rings. The molecule has 6 heteroatoms. The molecule has 1 unspecified atom stereocenters. The zero-order chi connectivity index (χ0) is 33.4. The van der Waals surface area contributed by atoms with Gasteiger partial charge in [-0.1, -0.05) is 176 Å². The lowest BCUT2D eigenvalue weighted by molar-refractivity contribution is 0.400. The molecule has 0 saturated carbocycles. The van der Waals surface area contributed by atoms with Crippen molar-refractivity contribution >= 4 is 40.2 Å². The van der Waals surface area contributed by atoms with Crippen LogP contribution in [0.3, 0.4) is 0 Å². The minimum Gasteiger partial charge on any atom is -0.275 e. The third-order valence-electron chi connectivity index (χ3n) is 9.03. The fraction of sp³-hybridized carbons (Fsp3) is 0.0930. The molecule has 1 aromatic heterocycles. The number of imidazole rings is 1. The molecule has 1 aliphatic carbocycles. The number of aliphatic imine (C=N–C) groups is 2. The van der Waals surface area contributed by atoms with E-state index in [4.69, 9.17) is 38.2 Å². The Bertz CT molecular complexity index is 2210. The number of hydrogen-bond donors (Lipinski definition) is 0. The average Bonchev–Trinajstić information content (AvgIpc) is 3.76. The number of allylic oxidation sites excluding steroid dienone is 4. The third kappa shape index (κ3) is 5.57. The van der Waals surface area contributed by atoms with Crippen LogP contribution in [0.4, 0.5) is 0 Å². The van der Waals surface area contributed by atoms with Crippen molar-refractivity contribution in [3.63, 3.8) is 0 Å². The van der Waals surface area contributed by atoms with E-state index in [1.54, 1.807) is 0 Å². The Morgan fingerprint density at radius 3 is 1.65 bits per heavy atom. The van der Waals surface area contributed by atoms with Gasteiger partial charge in [0.2, 0.25) is 0 Å². The smallest absolute Gasteiger partial charge is 0.263 e. The van der Waals surface area contributed by atoms with Crippen molar-refractivity contribution in [2.75, 3.05) is 0 Å². The zero-order valence-corrected chi connectivity index (χ0v) is 28.4. The van der Waals surface area contributed by atoms with E-state index in [2.05, 4.69) is 66.1 Å². The minimum absolute atomic E-state index is 0.259. The van der Waals surface area contributed by atoms with Crippen LogP contribution < -0.4 is 0 Å². The first-order valence-electron chi connectivity index (χ1n) is 16.4. The maximum atomic E-state index is 7.22. The lowest BCUT2D eigenvalue weighted by Gasteiger charge is -2.31. The molecule has 0 spiro atoms. The number of hydrogen-bond acceptors (Lipinski definition) is 3. The van der Waals surface area contributed by atoms with E-state index in [0.717, 1.165) is 56.2 Å². The number of halogens is 2. The van der Waals surface area contributed by atoms with E-state index < -0.39 is 5.79 Å². The summed E-state index contributed by atoms with van der Waals surface area (Å²) in [6, 6.07) is 48.9. The molecule has 0 amide bonds. The molecule has 4 nitrogen and oxygen atoms in total. The molecular weight excluding hydrogens is 643 g/mol. The summed E-state index contributed by atoms with van der Waals surface area (Å²) in [5.41, 5.74) is 8.75. The molecule has 8 rings (SSSR count). The lowest BCUT2D eigenvalue weighted by atomic mass is 9.94. The van der Waals surface area contributed by atoms with E-state index in [-0.39, 0.29) is 5.92 Å². The van der Waals surface area contributed by atoms with Gasteiger partial charge in [0, 0.05) is 38.4 Å². The molecule has 0 radical (unpaired) electrons. The van der Waals surface area contributed by atoms with Crippen molar-refractivity contribution in [2.24, 2.45) is 15.9 Å². The summed E-state index contributed by atoms with van der Waals surface area (Å²) in [6.07, 6.45) is 4.84. The molecule has 0 bridgehead atoms. The molecule has 0 saturated heterocycles. The van der Waals surface area contributed by atoms with E-state index in [9.17, 15) is 0 Å². The second-order valence-corrected chi connectivity index (χ2v) is 13.1. The van der Waals surface area contributed by atoms with Gasteiger partial charge in [-0.25, -0.2) is 15.0 Å². The molecule has 49 heavy (non-hydrogen) atoms. The molecular formula is C43H32Cl2N4. The number of nitrogens with zero attached hydrogens (tertiary/aromatic N) is 4. The highest BCUT2D eigenvalue weighted by molar-refractivity contribution is 6.54. The van der Waals surface area contributed by atoms with Gasteiger partial charge >= 0.3 is 0 Å². The predicted octanol–water partition coefficient (Wildman–Crippen LogP) is 11.1. The van der Waals surface area contributed by atoms with Crippen molar-refractivity contribution in [3.05, 3.63) is 190 Å². The van der Waals surface area contributed by atoms with E-state index >= 15 is 0 Å².